The number of benzene rings is 2. The summed E-state index contributed by atoms with van der Waals surface area (Å²) in [6.45, 7) is 4.45. The van der Waals surface area contributed by atoms with Gasteiger partial charge in [0.2, 0.25) is 4.77 Å². The summed E-state index contributed by atoms with van der Waals surface area (Å²) in [5, 5.41) is 5.98. The van der Waals surface area contributed by atoms with Crippen LogP contribution in [0.5, 0.6) is 17.2 Å². The van der Waals surface area contributed by atoms with Gasteiger partial charge in [-0.05, 0) is 72.6 Å². The fraction of sp³-hybridized carbons (Fsp3) is 0.333. The average Bonchev–Trinajstić information content (AvgIpc) is 3.12. The molecule has 5 rings (SSSR count). The van der Waals surface area contributed by atoms with Gasteiger partial charge in [-0.1, -0.05) is 0 Å². The number of methoxy groups -OCH3 is 3. The third-order valence-corrected chi connectivity index (χ3v) is 6.60. The molecular weight excluding hydrogens is 424 g/mol. The van der Waals surface area contributed by atoms with Crippen molar-refractivity contribution < 1.29 is 14.2 Å². The molecule has 0 atom stereocenters. The van der Waals surface area contributed by atoms with Gasteiger partial charge < -0.3 is 14.2 Å². The first-order valence-corrected chi connectivity index (χ1v) is 11.0. The van der Waals surface area contributed by atoms with E-state index in [1.54, 1.807) is 21.3 Å². The van der Waals surface area contributed by atoms with E-state index in [2.05, 4.69) is 36.1 Å². The normalized spacial score (nSPS) is 14.0. The van der Waals surface area contributed by atoms with Crippen molar-refractivity contribution in [2.45, 2.75) is 26.6 Å². The Kier molecular flexibility index (Phi) is 5.27. The van der Waals surface area contributed by atoms with Gasteiger partial charge in [0.1, 0.15) is 5.75 Å². The molecule has 166 valence electrons. The Morgan fingerprint density at radius 2 is 1.72 bits per heavy atom. The lowest BCUT2D eigenvalue weighted by Gasteiger charge is -2.29. The monoisotopic (exact) mass is 450 g/mol. The molecule has 1 aliphatic rings. The van der Waals surface area contributed by atoms with Crippen molar-refractivity contribution in [3.05, 3.63) is 57.9 Å². The molecule has 0 amide bonds. The lowest BCUT2D eigenvalue weighted by atomic mass is 9.99. The Hall–Kier alpha value is -3.10. The maximum atomic E-state index is 5.86. The topological polar surface area (TPSA) is 53.2 Å². The van der Waals surface area contributed by atoms with Gasteiger partial charge >= 0.3 is 0 Å². The first-order valence-electron chi connectivity index (χ1n) is 10.6. The largest absolute Gasteiger partial charge is 0.497 e. The summed E-state index contributed by atoms with van der Waals surface area (Å²) in [4.78, 5) is 2.35. The average molecular weight is 451 g/mol. The van der Waals surface area contributed by atoms with Crippen LogP contribution in [0.4, 0.5) is 0 Å². The molecule has 0 saturated heterocycles. The number of aryl methyl sites for hydroxylation is 1. The predicted molar refractivity (Wildman–Crippen MR) is 126 cm³/mol. The molecule has 0 radical (unpaired) electrons. The molecule has 32 heavy (non-hydrogen) atoms. The minimum atomic E-state index is 0.624. The van der Waals surface area contributed by atoms with E-state index in [0.29, 0.717) is 11.4 Å². The highest BCUT2D eigenvalue weighted by atomic mass is 32.1. The molecular formula is C24H26N4O3S. The molecule has 2 aromatic heterocycles. The number of hydrogen-bond acceptors (Lipinski definition) is 6. The van der Waals surface area contributed by atoms with E-state index in [4.69, 9.17) is 31.5 Å². The molecule has 0 fully saturated rings. The van der Waals surface area contributed by atoms with Gasteiger partial charge in [0, 0.05) is 24.5 Å². The second kappa shape index (κ2) is 8.11. The molecule has 0 spiro atoms. The SMILES string of the molecule is COc1ccc2c(C)cc3nn(CN4CCc5cc(OC)c(OC)cc5C4)c(=S)n3c2c1. The second-order valence-electron chi connectivity index (χ2n) is 8.11. The Labute approximate surface area is 191 Å². The van der Waals surface area contributed by atoms with Crippen LogP contribution in [0.15, 0.2) is 36.4 Å². The molecule has 2 aromatic carbocycles. The van der Waals surface area contributed by atoms with Crippen molar-refractivity contribution in [2.24, 2.45) is 0 Å². The molecule has 0 bridgehead atoms. The lowest BCUT2D eigenvalue weighted by molar-refractivity contribution is 0.188. The summed E-state index contributed by atoms with van der Waals surface area (Å²) in [5.74, 6) is 2.34. The standard InChI is InChI=1S/C24H26N4O3S/c1-15-9-23-25-27(24(32)28(23)20-12-18(29-2)5-6-19(15)20)14-26-8-7-16-10-21(30-3)22(31-4)11-17(16)13-26/h5-6,9-12H,7-8,13-14H2,1-4H3. The minimum absolute atomic E-state index is 0.624. The number of fused-ring (bicyclic) bond motifs is 4. The van der Waals surface area contributed by atoms with Crippen LogP contribution >= 0.6 is 12.2 Å². The van der Waals surface area contributed by atoms with Crippen LogP contribution < -0.4 is 14.2 Å². The molecule has 4 aromatic rings. The second-order valence-corrected chi connectivity index (χ2v) is 8.47. The zero-order chi connectivity index (χ0) is 22.4. The van der Waals surface area contributed by atoms with Crippen molar-refractivity contribution in [1.82, 2.24) is 19.1 Å². The van der Waals surface area contributed by atoms with Crippen LogP contribution in [0.25, 0.3) is 16.6 Å². The number of nitrogens with zero attached hydrogens (tertiary/aromatic N) is 4. The third kappa shape index (κ3) is 3.40. The summed E-state index contributed by atoms with van der Waals surface area (Å²) in [6.07, 6.45) is 0.940. The zero-order valence-corrected chi connectivity index (χ0v) is 19.5. The third-order valence-electron chi connectivity index (χ3n) is 6.21. The van der Waals surface area contributed by atoms with Gasteiger partial charge in [-0.2, -0.15) is 5.10 Å². The fourth-order valence-corrected chi connectivity index (χ4v) is 4.81. The maximum absolute atomic E-state index is 5.86. The Morgan fingerprint density at radius 3 is 2.44 bits per heavy atom. The van der Waals surface area contributed by atoms with E-state index in [9.17, 15) is 0 Å². The number of hydrogen-bond donors (Lipinski definition) is 0. The quantitative estimate of drug-likeness (QED) is 0.421. The first-order chi connectivity index (χ1) is 15.5. The minimum Gasteiger partial charge on any atom is -0.497 e. The van der Waals surface area contributed by atoms with Gasteiger partial charge in [-0.25, -0.2) is 4.68 Å². The smallest absolute Gasteiger partial charge is 0.204 e. The van der Waals surface area contributed by atoms with Crippen molar-refractivity contribution in [3.63, 3.8) is 0 Å². The van der Waals surface area contributed by atoms with Crippen LogP contribution in [0.2, 0.25) is 0 Å². The summed E-state index contributed by atoms with van der Waals surface area (Å²) in [6, 6.07) is 12.3. The summed E-state index contributed by atoms with van der Waals surface area (Å²) in [5.41, 5.74) is 5.56. The van der Waals surface area contributed by atoms with Crippen molar-refractivity contribution in [2.75, 3.05) is 27.9 Å². The van der Waals surface area contributed by atoms with Crippen molar-refractivity contribution >= 4 is 28.8 Å². The van der Waals surface area contributed by atoms with Crippen LogP contribution in [0.1, 0.15) is 16.7 Å². The van der Waals surface area contributed by atoms with Gasteiger partial charge in [0.15, 0.2) is 17.1 Å². The fourth-order valence-electron chi connectivity index (χ4n) is 4.52. The van der Waals surface area contributed by atoms with Crippen LogP contribution in [-0.4, -0.2) is 47.0 Å². The number of aromatic nitrogens is 3. The molecule has 0 aliphatic carbocycles. The van der Waals surface area contributed by atoms with Gasteiger partial charge in [-0.3, -0.25) is 9.30 Å². The van der Waals surface area contributed by atoms with E-state index in [0.717, 1.165) is 58.9 Å². The first kappa shape index (κ1) is 20.8. The number of rotatable bonds is 5. The summed E-state index contributed by atoms with van der Waals surface area (Å²) >= 11 is 5.86. The van der Waals surface area contributed by atoms with E-state index in [-0.39, 0.29) is 0 Å². The molecule has 1 aliphatic heterocycles. The Balaban J connectivity index is 1.51. The Morgan fingerprint density at radius 1 is 0.969 bits per heavy atom. The highest BCUT2D eigenvalue weighted by Crippen LogP contribution is 2.33. The molecule has 8 heteroatoms. The zero-order valence-electron chi connectivity index (χ0n) is 18.7. The van der Waals surface area contributed by atoms with Gasteiger partial charge in [0.05, 0.1) is 33.5 Å². The van der Waals surface area contributed by atoms with Crippen molar-refractivity contribution in [1.29, 1.82) is 0 Å². The molecule has 0 N–H and O–H groups in total. The summed E-state index contributed by atoms with van der Waals surface area (Å²) < 4.78 is 21.0. The maximum Gasteiger partial charge on any atom is 0.204 e. The van der Waals surface area contributed by atoms with E-state index in [1.165, 1.54) is 11.1 Å². The van der Waals surface area contributed by atoms with Gasteiger partial charge in [-0.15, -0.1) is 0 Å². The number of pyridine rings is 1. The lowest BCUT2D eigenvalue weighted by Crippen LogP contribution is -2.32. The van der Waals surface area contributed by atoms with Crippen LogP contribution in [-0.2, 0) is 19.6 Å². The molecule has 3 heterocycles. The number of ether oxygens (including phenoxy) is 3. The van der Waals surface area contributed by atoms with E-state index in [1.807, 2.05) is 21.2 Å². The molecule has 0 saturated carbocycles. The van der Waals surface area contributed by atoms with E-state index < -0.39 is 0 Å². The van der Waals surface area contributed by atoms with Crippen LogP contribution in [0.3, 0.4) is 0 Å². The Bertz CT molecular complexity index is 1390. The predicted octanol–water partition coefficient (Wildman–Crippen LogP) is 4.37. The van der Waals surface area contributed by atoms with Crippen molar-refractivity contribution in [3.8, 4) is 17.2 Å². The van der Waals surface area contributed by atoms with Gasteiger partial charge in [0.25, 0.3) is 0 Å². The highest BCUT2D eigenvalue weighted by molar-refractivity contribution is 7.71. The summed E-state index contributed by atoms with van der Waals surface area (Å²) in [7, 11) is 5.02. The molecule has 7 nitrogen and oxygen atoms in total. The van der Waals surface area contributed by atoms with Crippen LogP contribution in [0, 0.1) is 11.7 Å². The van der Waals surface area contributed by atoms with E-state index >= 15 is 0 Å². The molecule has 0 unspecified atom stereocenters. The highest BCUT2D eigenvalue weighted by Gasteiger charge is 2.21.